The topological polar surface area (TPSA) is 159 Å². The lowest BCUT2D eigenvalue weighted by atomic mass is 10.0. The van der Waals surface area contributed by atoms with E-state index in [-0.39, 0.29) is 48.2 Å². The molecule has 6 heterocycles. The van der Waals surface area contributed by atoms with Gasteiger partial charge in [-0.25, -0.2) is 9.78 Å². The molecule has 240 valence electrons. The molecule has 0 spiro atoms. The molecule has 0 aliphatic carbocycles. The number of ketones is 1. The van der Waals surface area contributed by atoms with Gasteiger partial charge >= 0.3 is 5.97 Å². The lowest BCUT2D eigenvalue weighted by Gasteiger charge is -2.27. The maximum atomic E-state index is 13.6. The molecule has 2 aliphatic heterocycles. The Bertz CT molecular complexity index is 1890. The van der Waals surface area contributed by atoms with Crippen molar-refractivity contribution in [1.29, 1.82) is 0 Å². The van der Waals surface area contributed by atoms with Crippen molar-refractivity contribution in [2.45, 2.75) is 31.0 Å². The molecule has 4 aromatic heterocycles. The largest absolute Gasteiger partial charge is 0.508 e. The third-order valence-electron chi connectivity index (χ3n) is 7.62. The van der Waals surface area contributed by atoms with Crippen LogP contribution in [-0.2, 0) is 20.7 Å². The zero-order valence-electron chi connectivity index (χ0n) is 24.6. The average molecular weight is 689 g/mol. The Labute approximate surface area is 281 Å². The van der Waals surface area contributed by atoms with Crippen molar-refractivity contribution in [3.63, 3.8) is 0 Å². The van der Waals surface area contributed by atoms with Crippen LogP contribution in [0.5, 0.6) is 5.75 Å². The van der Waals surface area contributed by atoms with E-state index in [9.17, 15) is 24.3 Å². The van der Waals surface area contributed by atoms with Gasteiger partial charge in [-0.1, -0.05) is 24.3 Å². The minimum Gasteiger partial charge on any atom is -0.508 e. The van der Waals surface area contributed by atoms with Crippen LogP contribution in [0.3, 0.4) is 0 Å². The molecular formula is C33H28N4O7S3. The highest BCUT2D eigenvalue weighted by atomic mass is 32.1. The van der Waals surface area contributed by atoms with E-state index < -0.39 is 18.1 Å². The third-order valence-corrected chi connectivity index (χ3v) is 10.4. The fraction of sp³-hybridized carbons (Fsp3) is 0.212. The molecule has 2 fully saturated rings. The number of Topliss-reactive ketones (excluding diaryl/α,β-unsaturated/α-hetero) is 1. The Morgan fingerprint density at radius 3 is 2.64 bits per heavy atom. The number of ether oxygens (including phenoxy) is 1. The zero-order valence-corrected chi connectivity index (χ0v) is 27.1. The number of aromatic carboxylic acids is 1. The van der Waals surface area contributed by atoms with Crippen LogP contribution in [0.4, 0.5) is 0 Å². The summed E-state index contributed by atoms with van der Waals surface area (Å²) in [6, 6.07) is 14.4. The lowest BCUT2D eigenvalue weighted by molar-refractivity contribution is -0.138. The van der Waals surface area contributed by atoms with Gasteiger partial charge in [0.15, 0.2) is 11.5 Å². The number of nitrogens with zero attached hydrogens (tertiary/aromatic N) is 3. The van der Waals surface area contributed by atoms with Crippen LogP contribution in [-0.4, -0.2) is 80.0 Å². The summed E-state index contributed by atoms with van der Waals surface area (Å²) in [6.45, 7) is 0.408. The number of phenolic OH excluding ortho intramolecular Hbond substituents is 1. The summed E-state index contributed by atoms with van der Waals surface area (Å²) in [4.78, 5) is 60.7. The summed E-state index contributed by atoms with van der Waals surface area (Å²) in [6.07, 6.45) is 3.90. The summed E-state index contributed by atoms with van der Waals surface area (Å²) in [7, 11) is 0. The Balaban J connectivity index is 0.000000248. The van der Waals surface area contributed by atoms with Crippen LogP contribution in [0.25, 0.3) is 21.0 Å². The molecule has 2 aliphatic rings. The number of carboxylic acids is 1. The summed E-state index contributed by atoms with van der Waals surface area (Å²) >= 11 is 4.19. The Kier molecular flexibility index (Phi) is 9.82. The smallest absolute Gasteiger partial charge is 0.355 e. The van der Waals surface area contributed by atoms with Gasteiger partial charge in [0.05, 0.1) is 15.9 Å². The maximum Gasteiger partial charge on any atom is 0.355 e. The van der Waals surface area contributed by atoms with Gasteiger partial charge in [-0.3, -0.25) is 19.4 Å². The molecule has 0 saturated carbocycles. The van der Waals surface area contributed by atoms with Gasteiger partial charge in [-0.15, -0.1) is 34.0 Å². The number of hydrogen-bond acceptors (Lipinski definition) is 11. The fourth-order valence-electron chi connectivity index (χ4n) is 5.42. The third kappa shape index (κ3) is 7.46. The molecule has 7 rings (SSSR count). The van der Waals surface area contributed by atoms with Crippen molar-refractivity contribution in [3.8, 4) is 26.8 Å². The number of aromatic nitrogens is 2. The van der Waals surface area contributed by atoms with E-state index in [4.69, 9.17) is 9.84 Å². The number of carbonyl (C=O) groups is 4. The molecule has 3 unspecified atom stereocenters. The number of amides is 2. The van der Waals surface area contributed by atoms with E-state index in [1.54, 1.807) is 59.4 Å². The monoisotopic (exact) mass is 688 g/mol. The molecule has 2 amide bonds. The second-order valence-electron chi connectivity index (χ2n) is 10.7. The number of pyridine rings is 1. The first kappa shape index (κ1) is 32.2. The standard InChI is InChI=1S/C25H23N3O5S.C8H5NO2S2/c29-18-5-1-3-15(9-18)10-19(25(32)28-8-6-21-23(28)20(30)13-33-21)27-24(31)22-11-17(14-34-22)16-4-2-7-26-12-16;10-8(11)5-4-13-7(9-5)6-2-1-3-12-6/h1-5,7,9,11-12,14,19,21,23,29H,6,8,10,13H2,(H,27,31);1-4H,(H,10,11). The molecule has 1 aromatic carbocycles. The molecule has 2 saturated heterocycles. The predicted molar refractivity (Wildman–Crippen MR) is 178 cm³/mol. The van der Waals surface area contributed by atoms with Crippen LogP contribution in [0.2, 0.25) is 0 Å². The molecule has 5 aromatic rings. The first-order valence-corrected chi connectivity index (χ1v) is 17.2. The fourth-order valence-corrected chi connectivity index (χ4v) is 7.84. The van der Waals surface area contributed by atoms with Crippen molar-refractivity contribution in [1.82, 2.24) is 20.2 Å². The molecular weight excluding hydrogens is 661 g/mol. The molecule has 11 nitrogen and oxygen atoms in total. The van der Waals surface area contributed by atoms with E-state index in [2.05, 4.69) is 15.3 Å². The first-order chi connectivity index (χ1) is 22.8. The number of carboxylic acid groups (broad SMARTS) is 1. The molecule has 0 bridgehead atoms. The Morgan fingerprint density at radius 2 is 1.91 bits per heavy atom. The second kappa shape index (κ2) is 14.3. The average Bonchev–Trinajstić information content (AvgIpc) is 3.91. The zero-order chi connectivity index (χ0) is 32.9. The number of nitrogens with one attached hydrogen (secondary N) is 1. The Hall–Kier alpha value is -4.76. The molecule has 14 heteroatoms. The summed E-state index contributed by atoms with van der Waals surface area (Å²) in [5.41, 5.74) is 2.59. The quantitative estimate of drug-likeness (QED) is 0.204. The molecule has 3 N–H and O–H groups in total. The predicted octanol–water partition coefficient (Wildman–Crippen LogP) is 5.00. The number of rotatable bonds is 8. The van der Waals surface area contributed by atoms with E-state index in [0.717, 1.165) is 21.0 Å². The highest BCUT2D eigenvalue weighted by molar-refractivity contribution is 7.20. The SMILES string of the molecule is O=C(NC(Cc1cccc(O)c1)C(=O)N1CCC2OCC(=O)C21)c1cc(-c2cccnc2)cs1.O=C(O)c1csc(-c2cccs2)n1. The Morgan fingerprint density at radius 1 is 1.04 bits per heavy atom. The van der Waals surface area contributed by atoms with E-state index in [0.29, 0.717) is 23.4 Å². The summed E-state index contributed by atoms with van der Waals surface area (Å²) in [5, 5.41) is 27.5. The number of benzene rings is 1. The number of aromatic hydroxyl groups is 1. The van der Waals surface area contributed by atoms with Crippen molar-refractivity contribution in [2.75, 3.05) is 13.2 Å². The normalized spacial score (nSPS) is 17.4. The number of thiophene rings is 2. The van der Waals surface area contributed by atoms with E-state index >= 15 is 0 Å². The van der Waals surface area contributed by atoms with Gasteiger partial charge in [0.2, 0.25) is 5.91 Å². The summed E-state index contributed by atoms with van der Waals surface area (Å²) < 4.78 is 5.51. The van der Waals surface area contributed by atoms with Crippen molar-refractivity contribution in [3.05, 3.63) is 99.3 Å². The van der Waals surface area contributed by atoms with E-state index in [1.807, 2.05) is 35.0 Å². The van der Waals surface area contributed by atoms with Gasteiger partial charge < -0.3 is 25.2 Å². The minimum absolute atomic E-state index is 0.00894. The van der Waals surface area contributed by atoms with Crippen LogP contribution >= 0.6 is 34.0 Å². The number of thiazole rings is 1. The van der Waals surface area contributed by atoms with Gasteiger partial charge in [0.1, 0.15) is 29.4 Å². The lowest BCUT2D eigenvalue weighted by Crippen LogP contribution is -2.53. The van der Waals surface area contributed by atoms with Crippen molar-refractivity contribution < 1.29 is 34.1 Å². The van der Waals surface area contributed by atoms with Crippen molar-refractivity contribution >= 4 is 57.6 Å². The van der Waals surface area contributed by atoms with Crippen LogP contribution in [0.15, 0.2) is 83.1 Å². The number of likely N-dealkylation sites (tertiary alicyclic amines) is 1. The van der Waals surface area contributed by atoms with Crippen LogP contribution in [0.1, 0.15) is 32.1 Å². The summed E-state index contributed by atoms with van der Waals surface area (Å²) in [5.74, 6) is -1.71. The second-order valence-corrected chi connectivity index (χ2v) is 13.5. The minimum atomic E-state index is -0.973. The first-order valence-electron chi connectivity index (χ1n) is 14.5. The van der Waals surface area contributed by atoms with Crippen LogP contribution in [0, 0.1) is 0 Å². The number of carbonyl (C=O) groups excluding carboxylic acids is 3. The highest BCUT2D eigenvalue weighted by Gasteiger charge is 2.48. The van der Waals surface area contributed by atoms with Gasteiger partial charge in [-0.2, -0.15) is 0 Å². The van der Waals surface area contributed by atoms with E-state index in [1.165, 1.54) is 27.6 Å². The molecule has 0 radical (unpaired) electrons. The van der Waals surface area contributed by atoms with Gasteiger partial charge in [-0.05, 0) is 58.6 Å². The van der Waals surface area contributed by atoms with Crippen molar-refractivity contribution in [2.24, 2.45) is 0 Å². The highest BCUT2D eigenvalue weighted by Crippen LogP contribution is 2.30. The number of phenols is 1. The maximum absolute atomic E-state index is 13.6. The number of hydrogen-bond donors (Lipinski definition) is 3. The van der Waals surface area contributed by atoms with Gasteiger partial charge in [0.25, 0.3) is 5.91 Å². The van der Waals surface area contributed by atoms with Gasteiger partial charge in [0, 0.05) is 36.3 Å². The molecule has 47 heavy (non-hydrogen) atoms. The molecule has 3 atom stereocenters. The van der Waals surface area contributed by atoms with Crippen LogP contribution < -0.4 is 5.32 Å². The number of fused-ring (bicyclic) bond motifs is 1.